The van der Waals surface area contributed by atoms with Crippen LogP contribution in [0.5, 0.6) is 5.75 Å². The van der Waals surface area contributed by atoms with Gasteiger partial charge in [-0.25, -0.2) is 0 Å². The maximum Gasteiger partial charge on any atom is 0.255 e. The van der Waals surface area contributed by atoms with E-state index in [0.717, 1.165) is 62.6 Å². The Hall–Kier alpha value is -4.41. The molecule has 10 nitrogen and oxygen atoms in total. The van der Waals surface area contributed by atoms with Gasteiger partial charge in [-0.15, -0.1) is 0 Å². The fourth-order valence-electron chi connectivity index (χ4n) is 10.6. The Morgan fingerprint density at radius 3 is 2.24 bits per heavy atom. The van der Waals surface area contributed by atoms with E-state index in [0.29, 0.717) is 36.1 Å². The highest BCUT2D eigenvalue weighted by atomic mass is 16.5. The van der Waals surface area contributed by atoms with Crippen LogP contribution in [0.25, 0.3) is 0 Å². The van der Waals surface area contributed by atoms with Crippen molar-refractivity contribution in [1.82, 2.24) is 15.1 Å². The average Bonchev–Trinajstić information content (AvgIpc) is 3.53. The Bertz CT molecular complexity index is 1910. The number of piperidine rings is 2. The maximum atomic E-state index is 13.2. The van der Waals surface area contributed by atoms with Crippen LogP contribution < -0.4 is 15.1 Å². The number of nitrogens with zero attached hydrogens (tertiary/aromatic N) is 4. The monoisotopic (exact) mass is 745 g/mol. The molecule has 1 saturated carbocycles. The number of rotatable bonds is 7. The molecule has 0 unspecified atom stereocenters. The first-order valence-corrected chi connectivity index (χ1v) is 20.9. The van der Waals surface area contributed by atoms with Gasteiger partial charge < -0.3 is 24.5 Å². The molecule has 3 aromatic rings. The molecule has 3 aromatic carbocycles. The minimum absolute atomic E-state index is 0.0193. The number of anilines is 2. The summed E-state index contributed by atoms with van der Waals surface area (Å²) in [4.78, 5) is 46.5. The van der Waals surface area contributed by atoms with Crippen LogP contribution in [0.4, 0.5) is 11.4 Å². The van der Waals surface area contributed by atoms with Crippen LogP contribution in [-0.4, -0.2) is 90.6 Å². The largest absolute Gasteiger partial charge is 0.508 e. The molecule has 0 bridgehead atoms. The number of carbonyl (C=O) groups excluding carboxylic acids is 3. The third-order valence-electron chi connectivity index (χ3n) is 13.6. The summed E-state index contributed by atoms with van der Waals surface area (Å²) in [6, 6.07) is 20.7. The van der Waals surface area contributed by atoms with Crippen LogP contribution in [0.15, 0.2) is 60.7 Å². The Kier molecular flexibility index (Phi) is 10.1. The number of nitrogens with one attached hydrogen (secondary N) is 1. The van der Waals surface area contributed by atoms with E-state index in [1.165, 1.54) is 61.8 Å². The van der Waals surface area contributed by atoms with Crippen LogP contribution in [0.3, 0.4) is 0 Å². The fourth-order valence-corrected chi connectivity index (χ4v) is 10.6. The number of hydrogen-bond donors (Lipinski definition) is 2. The van der Waals surface area contributed by atoms with Gasteiger partial charge in [0.2, 0.25) is 11.8 Å². The third-order valence-corrected chi connectivity index (χ3v) is 13.6. The summed E-state index contributed by atoms with van der Waals surface area (Å²) in [6.07, 6.45) is 9.54. The summed E-state index contributed by atoms with van der Waals surface area (Å²) >= 11 is 0. The second-order valence-corrected chi connectivity index (χ2v) is 17.0. The molecule has 55 heavy (non-hydrogen) atoms. The second kappa shape index (κ2) is 15.3. The molecule has 9 rings (SSSR count). The van der Waals surface area contributed by atoms with E-state index in [4.69, 9.17) is 4.74 Å². The van der Waals surface area contributed by atoms with Crippen LogP contribution in [0.2, 0.25) is 0 Å². The number of phenolic OH excluding ortho intramolecular Hbond substituents is 1. The molecule has 10 heteroatoms. The summed E-state index contributed by atoms with van der Waals surface area (Å²) in [5.74, 6) is 0.988. The van der Waals surface area contributed by atoms with Gasteiger partial charge in [-0.2, -0.15) is 0 Å². The molecule has 5 heterocycles. The van der Waals surface area contributed by atoms with Gasteiger partial charge in [-0.1, -0.05) is 37.5 Å². The van der Waals surface area contributed by atoms with Crippen molar-refractivity contribution in [3.63, 3.8) is 0 Å². The minimum Gasteiger partial charge on any atom is -0.508 e. The van der Waals surface area contributed by atoms with Gasteiger partial charge in [-0.05, 0) is 116 Å². The lowest BCUT2D eigenvalue weighted by molar-refractivity contribution is -0.136. The van der Waals surface area contributed by atoms with Gasteiger partial charge in [0, 0.05) is 81.6 Å². The summed E-state index contributed by atoms with van der Waals surface area (Å²) < 4.78 is 6.81. The quantitative estimate of drug-likeness (QED) is 0.269. The summed E-state index contributed by atoms with van der Waals surface area (Å²) in [6.45, 7) is 9.78. The number of aromatic hydroxyl groups is 1. The molecule has 4 fully saturated rings. The second-order valence-electron chi connectivity index (χ2n) is 17.0. The molecule has 2 N–H and O–H groups in total. The first-order valence-electron chi connectivity index (χ1n) is 20.9. The molecule has 5 aliphatic heterocycles. The van der Waals surface area contributed by atoms with Crippen LogP contribution in [0, 0.1) is 11.8 Å². The van der Waals surface area contributed by atoms with Crippen LogP contribution >= 0.6 is 0 Å². The van der Waals surface area contributed by atoms with E-state index in [1.807, 2.05) is 24.3 Å². The first-order chi connectivity index (χ1) is 26.8. The van der Waals surface area contributed by atoms with E-state index >= 15 is 0 Å². The Morgan fingerprint density at radius 2 is 1.49 bits per heavy atom. The summed E-state index contributed by atoms with van der Waals surface area (Å²) in [5.41, 5.74) is 7.80. The lowest BCUT2D eigenvalue weighted by atomic mass is 9.72. The van der Waals surface area contributed by atoms with E-state index in [1.54, 1.807) is 4.90 Å². The number of imide groups is 1. The first kappa shape index (κ1) is 36.2. The van der Waals surface area contributed by atoms with Crippen LogP contribution in [0.1, 0.15) is 109 Å². The van der Waals surface area contributed by atoms with Gasteiger partial charge in [0.25, 0.3) is 5.91 Å². The zero-order valence-electron chi connectivity index (χ0n) is 32.1. The summed E-state index contributed by atoms with van der Waals surface area (Å²) in [7, 11) is 0. The van der Waals surface area contributed by atoms with Crippen molar-refractivity contribution in [3.05, 3.63) is 88.5 Å². The molecule has 4 atom stereocenters. The van der Waals surface area contributed by atoms with Gasteiger partial charge in [0.1, 0.15) is 11.8 Å². The number of fused-ring (bicyclic) bond motifs is 2. The number of piperazine rings is 1. The van der Waals surface area contributed by atoms with E-state index in [-0.39, 0.29) is 42.3 Å². The molecule has 1 aliphatic carbocycles. The SMILES string of the molecule is C[C@H]1O[C@@H](C2CCCCC2)[C@H](c2ccc(N3CCC(CN4CCN(c5ccc6c(c5)CN([C@H]5CCC(=O)NC5=O)C6=O)CC4)CC3)cc2)c2ccc(O)cc21. The molecular formula is C45H55N5O5. The Labute approximate surface area is 324 Å². The van der Waals surface area contributed by atoms with Crippen molar-refractivity contribution in [1.29, 1.82) is 0 Å². The molecule has 0 aromatic heterocycles. The minimum atomic E-state index is -0.585. The number of amides is 3. The van der Waals surface area contributed by atoms with Crippen molar-refractivity contribution in [2.24, 2.45) is 11.8 Å². The number of ether oxygens (including phenoxy) is 1. The number of phenols is 1. The van der Waals surface area contributed by atoms with Gasteiger partial charge >= 0.3 is 0 Å². The number of carbonyl (C=O) groups is 3. The zero-order chi connectivity index (χ0) is 37.6. The normalized spacial score (nSPS) is 26.9. The van der Waals surface area contributed by atoms with E-state index in [2.05, 4.69) is 63.3 Å². The van der Waals surface area contributed by atoms with E-state index in [9.17, 15) is 19.5 Å². The van der Waals surface area contributed by atoms with Crippen molar-refractivity contribution in [2.75, 3.05) is 55.6 Å². The lowest BCUT2D eigenvalue weighted by Crippen LogP contribution is -2.52. The Morgan fingerprint density at radius 1 is 0.764 bits per heavy atom. The van der Waals surface area contributed by atoms with Crippen molar-refractivity contribution in [2.45, 2.75) is 95.4 Å². The average molecular weight is 746 g/mol. The molecule has 3 saturated heterocycles. The van der Waals surface area contributed by atoms with E-state index < -0.39 is 6.04 Å². The predicted molar refractivity (Wildman–Crippen MR) is 212 cm³/mol. The Balaban J connectivity index is 0.779. The zero-order valence-corrected chi connectivity index (χ0v) is 32.1. The number of hydrogen-bond acceptors (Lipinski definition) is 8. The smallest absolute Gasteiger partial charge is 0.255 e. The molecule has 0 spiro atoms. The highest BCUT2D eigenvalue weighted by molar-refractivity contribution is 6.05. The standard InChI is InChI=1S/C45H55N5O5/c1-29-39-26-36(51)12-14-38(39)42(43(55-29)32-5-3-2-4-6-32)31-7-9-34(10-8-31)48-19-17-30(18-20-48)27-47-21-23-49(24-22-47)35-11-13-37-33(25-35)28-50(45(37)54)40-15-16-41(52)46-44(40)53/h7-14,25-26,29-30,32,40,42-43,51H,2-6,15-24,27-28H2,1H3,(H,46,52,53)/t29-,40+,42-,43+/m1/s1. The molecule has 290 valence electrons. The van der Waals surface area contributed by atoms with Gasteiger partial charge in [-0.3, -0.25) is 24.6 Å². The van der Waals surface area contributed by atoms with Crippen molar-refractivity contribution in [3.8, 4) is 5.75 Å². The third kappa shape index (κ3) is 7.24. The highest BCUT2D eigenvalue weighted by Gasteiger charge is 2.41. The van der Waals surface area contributed by atoms with Crippen molar-refractivity contribution >= 4 is 29.1 Å². The predicted octanol–water partition coefficient (Wildman–Crippen LogP) is 6.36. The van der Waals surface area contributed by atoms with Gasteiger partial charge in [0.15, 0.2) is 0 Å². The molecular weight excluding hydrogens is 691 g/mol. The molecule has 6 aliphatic rings. The van der Waals surface area contributed by atoms with Crippen molar-refractivity contribution < 1.29 is 24.2 Å². The maximum absolute atomic E-state index is 13.2. The summed E-state index contributed by atoms with van der Waals surface area (Å²) in [5, 5.41) is 12.7. The lowest BCUT2D eigenvalue weighted by Gasteiger charge is -2.43. The highest BCUT2D eigenvalue weighted by Crippen LogP contribution is 2.48. The van der Waals surface area contributed by atoms with Gasteiger partial charge in [0.05, 0.1) is 12.2 Å². The topological polar surface area (TPSA) is 106 Å². The van der Waals surface area contributed by atoms with Crippen LogP contribution in [-0.2, 0) is 20.9 Å². The number of benzene rings is 3. The fraction of sp³-hybridized carbons (Fsp3) is 0.533. The molecule has 3 amide bonds. The molecule has 0 radical (unpaired) electrons.